The molecule has 0 saturated heterocycles. The van der Waals surface area contributed by atoms with E-state index in [-0.39, 0.29) is 0 Å². The fraction of sp³-hybridized carbons (Fsp3) is 0.923. The average molecular weight is 519 g/mol. The van der Waals surface area contributed by atoms with Crippen LogP contribution in [-0.4, -0.2) is 72.5 Å². The Labute approximate surface area is 166 Å². The first-order chi connectivity index (χ1) is 13.6. The molecule has 1 amide bonds. The molecule has 0 rings (SSSR count). The molecule has 32 heavy (non-hydrogen) atoms. The molecule has 19 heteroatoms. The Balaban J connectivity index is 6.50. The van der Waals surface area contributed by atoms with Gasteiger partial charge in [-0.05, 0) is 0 Å². The van der Waals surface area contributed by atoms with Crippen LogP contribution < -0.4 is 0 Å². The molecule has 0 aliphatic carbocycles. The molecule has 0 heterocycles. The third-order valence-electron chi connectivity index (χ3n) is 3.94. The van der Waals surface area contributed by atoms with E-state index in [1.54, 1.807) is 0 Å². The van der Waals surface area contributed by atoms with E-state index in [2.05, 4.69) is 0 Å². The predicted molar refractivity (Wildman–Crippen MR) is 68.6 cm³/mol. The zero-order valence-corrected chi connectivity index (χ0v) is 15.2. The lowest BCUT2D eigenvalue weighted by atomic mass is 9.88. The van der Waals surface area contributed by atoms with Crippen molar-refractivity contribution in [1.82, 2.24) is 4.90 Å². The van der Waals surface area contributed by atoms with Gasteiger partial charge in [-0.2, -0.15) is 74.6 Å². The van der Waals surface area contributed by atoms with E-state index in [4.69, 9.17) is 0 Å². The van der Waals surface area contributed by atoms with Crippen LogP contribution in [0.25, 0.3) is 0 Å². The molecule has 0 fully saturated rings. The summed E-state index contributed by atoms with van der Waals surface area (Å²) in [6, 6.07) is 0. The number of amides is 1. The highest BCUT2D eigenvalue weighted by Crippen LogP contribution is 2.64. The Morgan fingerprint density at radius 1 is 0.531 bits per heavy atom. The lowest BCUT2D eigenvalue weighted by Gasteiger charge is -2.42. The molecule has 0 radical (unpaired) electrons. The fourth-order valence-corrected chi connectivity index (χ4v) is 1.84. The summed E-state index contributed by atoms with van der Waals surface area (Å²) in [7, 11) is 1.62. The maximum absolute atomic E-state index is 13.5. The minimum atomic E-state index is -8.65. The number of hydrogen-bond donors (Lipinski definition) is 0. The van der Waals surface area contributed by atoms with Crippen LogP contribution >= 0.6 is 0 Å². The first-order valence-corrected chi connectivity index (χ1v) is 7.49. The van der Waals surface area contributed by atoms with Gasteiger partial charge in [0, 0.05) is 26.9 Å². The molecule has 0 aromatic heterocycles. The number of alkyl halides is 17. The van der Waals surface area contributed by atoms with Crippen molar-refractivity contribution in [2.24, 2.45) is 0 Å². The topological polar surface area (TPSA) is 20.3 Å². The molecule has 0 unspecified atom stereocenters. The molecule has 0 aromatic rings. The van der Waals surface area contributed by atoms with Crippen LogP contribution in [0.2, 0.25) is 0 Å². The summed E-state index contributed by atoms with van der Waals surface area (Å²) >= 11 is 0. The second-order valence-corrected chi connectivity index (χ2v) is 6.44. The standard InChI is InChI=1S/C13H10F17NO/c1-31(2)5(32)3-4-6(14,15)7(16,17)8(18,19)9(20,21)10(22,23)11(24,25)12(26,27)13(28,29)30/h3-4H2,1-2H3. The molecule has 0 N–H and O–H groups in total. The Morgan fingerprint density at radius 3 is 1.09 bits per heavy atom. The summed E-state index contributed by atoms with van der Waals surface area (Å²) < 4.78 is 221. The average Bonchev–Trinajstić information content (AvgIpc) is 2.57. The number of nitrogens with zero attached hydrogens (tertiary/aromatic N) is 1. The van der Waals surface area contributed by atoms with E-state index in [0.29, 0.717) is 4.90 Å². The van der Waals surface area contributed by atoms with Crippen molar-refractivity contribution in [1.29, 1.82) is 0 Å². The number of hydrogen-bond acceptors (Lipinski definition) is 1. The lowest BCUT2D eigenvalue weighted by Crippen LogP contribution is -2.74. The monoisotopic (exact) mass is 519 g/mol. The van der Waals surface area contributed by atoms with Crippen molar-refractivity contribution in [3.63, 3.8) is 0 Å². The van der Waals surface area contributed by atoms with Gasteiger partial charge >= 0.3 is 47.6 Å². The first-order valence-electron chi connectivity index (χ1n) is 7.49. The van der Waals surface area contributed by atoms with E-state index in [9.17, 15) is 79.4 Å². The zero-order valence-electron chi connectivity index (χ0n) is 15.2. The molecule has 192 valence electrons. The van der Waals surface area contributed by atoms with Gasteiger partial charge in [-0.25, -0.2) is 0 Å². The minimum Gasteiger partial charge on any atom is -0.349 e. The van der Waals surface area contributed by atoms with Gasteiger partial charge in [-0.15, -0.1) is 0 Å². The SMILES string of the molecule is CN(C)C(=O)CCC(F)(F)C(F)(F)C(F)(F)C(F)(F)C(F)(F)C(F)(F)C(F)(F)C(F)(F)F. The summed E-state index contributed by atoms with van der Waals surface area (Å²) in [5.41, 5.74) is 0. The van der Waals surface area contributed by atoms with Crippen LogP contribution in [0.1, 0.15) is 12.8 Å². The molecule has 0 aromatic carbocycles. The van der Waals surface area contributed by atoms with Gasteiger partial charge in [-0.1, -0.05) is 0 Å². The third-order valence-corrected chi connectivity index (χ3v) is 3.94. The predicted octanol–water partition coefficient (Wildman–Crippen LogP) is 5.86. The van der Waals surface area contributed by atoms with Gasteiger partial charge in [0.25, 0.3) is 0 Å². The summed E-state index contributed by atoms with van der Waals surface area (Å²) in [5.74, 6) is -58.1. The molecule has 0 atom stereocenters. The largest absolute Gasteiger partial charge is 0.460 e. The molecule has 2 nitrogen and oxygen atoms in total. The fourth-order valence-electron chi connectivity index (χ4n) is 1.84. The quantitative estimate of drug-likeness (QED) is 0.350. The van der Waals surface area contributed by atoms with Crippen LogP contribution in [0, 0.1) is 0 Å². The van der Waals surface area contributed by atoms with Gasteiger partial charge in [0.2, 0.25) is 5.91 Å². The van der Waals surface area contributed by atoms with Crippen molar-refractivity contribution in [2.45, 2.75) is 60.5 Å². The van der Waals surface area contributed by atoms with Crippen molar-refractivity contribution < 1.29 is 79.4 Å². The maximum Gasteiger partial charge on any atom is 0.460 e. The van der Waals surface area contributed by atoms with Crippen molar-refractivity contribution >= 4 is 5.91 Å². The Kier molecular flexibility index (Phi) is 7.52. The number of carbonyl (C=O) groups is 1. The van der Waals surface area contributed by atoms with Crippen molar-refractivity contribution in [2.75, 3.05) is 14.1 Å². The molecule has 0 saturated carbocycles. The third kappa shape index (κ3) is 4.14. The molecule has 0 spiro atoms. The summed E-state index contributed by atoms with van der Waals surface area (Å²) in [6.45, 7) is 0. The molecular weight excluding hydrogens is 509 g/mol. The van der Waals surface area contributed by atoms with E-state index < -0.39 is 66.4 Å². The van der Waals surface area contributed by atoms with Crippen molar-refractivity contribution in [3.8, 4) is 0 Å². The Morgan fingerprint density at radius 2 is 0.812 bits per heavy atom. The second kappa shape index (κ2) is 7.95. The van der Waals surface area contributed by atoms with Crippen LogP contribution in [0.4, 0.5) is 74.6 Å². The Bertz CT molecular complexity index is 693. The van der Waals surface area contributed by atoms with Gasteiger partial charge in [0.1, 0.15) is 0 Å². The second-order valence-electron chi connectivity index (χ2n) is 6.44. The summed E-state index contributed by atoms with van der Waals surface area (Å²) in [5, 5.41) is 0. The van der Waals surface area contributed by atoms with E-state index in [1.165, 1.54) is 0 Å². The van der Waals surface area contributed by atoms with Gasteiger partial charge in [0.15, 0.2) is 0 Å². The van der Waals surface area contributed by atoms with Crippen LogP contribution in [0.15, 0.2) is 0 Å². The highest BCUT2D eigenvalue weighted by Gasteiger charge is 2.95. The highest BCUT2D eigenvalue weighted by atomic mass is 19.4. The van der Waals surface area contributed by atoms with Gasteiger partial charge in [-0.3, -0.25) is 4.79 Å². The first kappa shape index (κ1) is 30.3. The molecule has 0 aliphatic rings. The highest BCUT2D eigenvalue weighted by molar-refractivity contribution is 5.75. The normalized spacial score (nSPS) is 15.7. The summed E-state index contributed by atoms with van der Waals surface area (Å²) in [6.07, 6.45) is -12.4. The van der Waals surface area contributed by atoms with E-state index in [0.717, 1.165) is 14.1 Å². The van der Waals surface area contributed by atoms with E-state index >= 15 is 0 Å². The van der Waals surface area contributed by atoms with Crippen LogP contribution in [0.5, 0.6) is 0 Å². The van der Waals surface area contributed by atoms with E-state index in [1.807, 2.05) is 0 Å². The molecule has 0 aliphatic heterocycles. The molecule has 0 bridgehead atoms. The molecular formula is C13H10F17NO. The van der Waals surface area contributed by atoms with Crippen molar-refractivity contribution in [3.05, 3.63) is 0 Å². The smallest absolute Gasteiger partial charge is 0.349 e. The van der Waals surface area contributed by atoms with Crippen LogP contribution in [0.3, 0.4) is 0 Å². The number of carbonyl (C=O) groups excluding carboxylic acids is 1. The Hall–Kier alpha value is -1.72. The number of rotatable bonds is 9. The zero-order chi connectivity index (χ0) is 26.6. The lowest BCUT2D eigenvalue weighted by molar-refractivity contribution is -0.461. The van der Waals surface area contributed by atoms with Crippen LogP contribution in [-0.2, 0) is 4.79 Å². The number of halogens is 17. The summed E-state index contributed by atoms with van der Waals surface area (Å²) in [4.78, 5) is 11.5. The maximum atomic E-state index is 13.5. The minimum absolute atomic E-state index is 0.398. The van der Waals surface area contributed by atoms with Gasteiger partial charge < -0.3 is 4.90 Å². The van der Waals surface area contributed by atoms with Gasteiger partial charge in [0.05, 0.1) is 0 Å².